The first kappa shape index (κ1) is 17.0. The van der Waals surface area contributed by atoms with Crippen LogP contribution in [0.3, 0.4) is 0 Å². The first-order valence-electron chi connectivity index (χ1n) is 7.85. The molecule has 4 aromatic heterocycles. The third-order valence-corrected chi connectivity index (χ3v) is 3.90. The monoisotopic (exact) mass is 383 g/mol. The van der Waals surface area contributed by atoms with Gasteiger partial charge in [0, 0.05) is 12.3 Å². The van der Waals surface area contributed by atoms with Crippen molar-refractivity contribution < 1.29 is 13.9 Å². The van der Waals surface area contributed by atoms with Crippen LogP contribution >= 0.6 is 11.6 Å². The number of hydrogen-bond acceptors (Lipinski definition) is 6. The molecule has 0 aliphatic heterocycles. The number of ether oxygens (including phenoxy) is 1. The lowest BCUT2D eigenvalue weighted by atomic mass is 10.1. The molecule has 9 heteroatoms. The number of aromatic nitrogens is 5. The molecular formula is C18H11ClFN5O2. The zero-order valence-corrected chi connectivity index (χ0v) is 14.5. The first-order chi connectivity index (χ1) is 13.1. The molecule has 4 rings (SSSR count). The van der Waals surface area contributed by atoms with E-state index in [0.717, 1.165) is 0 Å². The lowest BCUT2D eigenvalue weighted by Gasteiger charge is -2.09. The third kappa shape index (κ3) is 3.75. The highest BCUT2D eigenvalue weighted by molar-refractivity contribution is 6.30. The molecule has 4 aromatic rings. The van der Waals surface area contributed by atoms with Crippen LogP contribution < -0.4 is 4.74 Å². The molecule has 0 saturated carbocycles. The predicted octanol–water partition coefficient (Wildman–Crippen LogP) is 3.53. The van der Waals surface area contributed by atoms with E-state index in [9.17, 15) is 9.18 Å². The number of carbonyl (C=O) groups is 1. The van der Waals surface area contributed by atoms with Crippen LogP contribution in [-0.4, -0.2) is 30.3 Å². The molecule has 0 atom stereocenters. The van der Waals surface area contributed by atoms with Crippen molar-refractivity contribution in [3.05, 3.63) is 77.5 Å². The largest absolute Gasteiger partial charge is 0.454 e. The summed E-state index contributed by atoms with van der Waals surface area (Å²) in [6.45, 7) is 0. The van der Waals surface area contributed by atoms with Crippen LogP contribution in [0.25, 0.3) is 5.65 Å². The van der Waals surface area contributed by atoms with Crippen LogP contribution in [0.5, 0.6) is 11.5 Å². The van der Waals surface area contributed by atoms with Gasteiger partial charge in [0.05, 0.1) is 35.1 Å². The Hall–Kier alpha value is -3.39. The van der Waals surface area contributed by atoms with E-state index >= 15 is 0 Å². The van der Waals surface area contributed by atoms with Crippen molar-refractivity contribution in [3.8, 4) is 11.5 Å². The van der Waals surface area contributed by atoms with Gasteiger partial charge in [0.1, 0.15) is 17.8 Å². The Morgan fingerprint density at radius 3 is 2.93 bits per heavy atom. The molecule has 0 unspecified atom stereocenters. The Balaban J connectivity index is 1.69. The van der Waals surface area contributed by atoms with Crippen LogP contribution in [-0.2, 0) is 6.42 Å². The number of nitrogens with zero attached hydrogens (tertiary/aromatic N) is 5. The summed E-state index contributed by atoms with van der Waals surface area (Å²) in [5.41, 5.74) is 0.974. The second kappa shape index (κ2) is 7.08. The smallest absolute Gasteiger partial charge is 0.213 e. The van der Waals surface area contributed by atoms with E-state index in [0.29, 0.717) is 27.9 Å². The summed E-state index contributed by atoms with van der Waals surface area (Å²) in [7, 11) is 0. The van der Waals surface area contributed by atoms with Gasteiger partial charge < -0.3 is 4.74 Å². The molecule has 0 aliphatic rings. The number of carbonyl (C=O) groups excluding carboxylic acids is 1. The summed E-state index contributed by atoms with van der Waals surface area (Å²) in [4.78, 5) is 20.4. The summed E-state index contributed by atoms with van der Waals surface area (Å²) < 4.78 is 20.6. The maximum Gasteiger partial charge on any atom is 0.213 e. The average Bonchev–Trinajstić information content (AvgIpc) is 3.09. The molecule has 0 fully saturated rings. The van der Waals surface area contributed by atoms with Crippen molar-refractivity contribution >= 4 is 23.0 Å². The van der Waals surface area contributed by atoms with Gasteiger partial charge in [-0.2, -0.15) is 4.39 Å². The SMILES string of the molecule is O=C(Cc1cccc(F)n1)c1cc(Oc2cncc(Cl)c2)cn2cnnc12. The van der Waals surface area contributed by atoms with E-state index in [-0.39, 0.29) is 17.8 Å². The predicted molar refractivity (Wildman–Crippen MR) is 94.5 cm³/mol. The Labute approximate surface area is 157 Å². The highest BCUT2D eigenvalue weighted by Crippen LogP contribution is 2.26. The van der Waals surface area contributed by atoms with Crippen molar-refractivity contribution in [3.63, 3.8) is 0 Å². The average molecular weight is 384 g/mol. The molecule has 0 aromatic carbocycles. The molecule has 0 amide bonds. The normalized spacial score (nSPS) is 10.9. The summed E-state index contributed by atoms with van der Waals surface area (Å²) >= 11 is 5.91. The molecule has 0 saturated heterocycles. The maximum atomic E-state index is 13.3. The van der Waals surface area contributed by atoms with E-state index in [1.165, 1.54) is 30.9 Å². The van der Waals surface area contributed by atoms with E-state index in [1.54, 1.807) is 28.8 Å². The number of fused-ring (bicyclic) bond motifs is 1. The molecule has 27 heavy (non-hydrogen) atoms. The second-order valence-corrected chi connectivity index (χ2v) is 6.08. The quantitative estimate of drug-likeness (QED) is 0.387. The van der Waals surface area contributed by atoms with E-state index in [1.807, 2.05) is 0 Å². The Bertz CT molecular complexity index is 1150. The molecule has 0 spiro atoms. The van der Waals surface area contributed by atoms with Crippen molar-refractivity contribution in [1.82, 2.24) is 24.6 Å². The van der Waals surface area contributed by atoms with Gasteiger partial charge in [0.25, 0.3) is 0 Å². The Morgan fingerprint density at radius 1 is 1.22 bits per heavy atom. The van der Waals surface area contributed by atoms with Crippen LogP contribution in [0.2, 0.25) is 5.02 Å². The fraction of sp³-hybridized carbons (Fsp3) is 0.0556. The fourth-order valence-electron chi connectivity index (χ4n) is 2.56. The highest BCUT2D eigenvalue weighted by atomic mass is 35.5. The number of ketones is 1. The van der Waals surface area contributed by atoms with Crippen LogP contribution in [0.1, 0.15) is 16.1 Å². The van der Waals surface area contributed by atoms with Gasteiger partial charge in [-0.3, -0.25) is 14.2 Å². The van der Waals surface area contributed by atoms with Crippen molar-refractivity contribution in [2.45, 2.75) is 6.42 Å². The summed E-state index contributed by atoms with van der Waals surface area (Å²) in [5.74, 6) is -0.138. The van der Waals surface area contributed by atoms with Gasteiger partial charge in [-0.25, -0.2) is 4.98 Å². The number of halogens is 2. The molecule has 134 valence electrons. The van der Waals surface area contributed by atoms with Gasteiger partial charge in [0.15, 0.2) is 11.4 Å². The minimum absolute atomic E-state index is 0.0809. The Kier molecular flexibility index (Phi) is 4.47. The van der Waals surface area contributed by atoms with Crippen LogP contribution in [0.15, 0.2) is 55.2 Å². The maximum absolute atomic E-state index is 13.3. The zero-order valence-electron chi connectivity index (χ0n) is 13.7. The van der Waals surface area contributed by atoms with Gasteiger partial charge in [-0.15, -0.1) is 10.2 Å². The lowest BCUT2D eigenvalue weighted by molar-refractivity contribution is 0.0992. The molecule has 0 aliphatic carbocycles. The van der Waals surface area contributed by atoms with Crippen LogP contribution in [0, 0.1) is 5.95 Å². The van der Waals surface area contributed by atoms with Crippen molar-refractivity contribution in [2.24, 2.45) is 0 Å². The Morgan fingerprint density at radius 2 is 2.11 bits per heavy atom. The van der Waals surface area contributed by atoms with Crippen molar-refractivity contribution in [2.75, 3.05) is 0 Å². The number of Topliss-reactive ketones (excluding diaryl/α,β-unsaturated/α-hetero) is 1. The molecule has 0 N–H and O–H groups in total. The molecule has 4 heterocycles. The molecule has 0 bridgehead atoms. The summed E-state index contributed by atoms with van der Waals surface area (Å²) in [6, 6.07) is 7.46. The summed E-state index contributed by atoms with van der Waals surface area (Å²) in [5, 5.41) is 8.22. The van der Waals surface area contributed by atoms with Gasteiger partial charge in [0.2, 0.25) is 5.95 Å². The van der Waals surface area contributed by atoms with E-state index < -0.39 is 5.95 Å². The molecule has 7 nitrogen and oxygen atoms in total. The zero-order chi connectivity index (χ0) is 18.8. The van der Waals surface area contributed by atoms with Gasteiger partial charge in [-0.1, -0.05) is 17.7 Å². The number of rotatable bonds is 5. The third-order valence-electron chi connectivity index (χ3n) is 3.70. The molecular weight excluding hydrogens is 373 g/mol. The van der Waals surface area contributed by atoms with E-state index in [4.69, 9.17) is 16.3 Å². The van der Waals surface area contributed by atoms with Crippen molar-refractivity contribution in [1.29, 1.82) is 0 Å². The molecule has 0 radical (unpaired) electrons. The second-order valence-electron chi connectivity index (χ2n) is 5.64. The highest BCUT2D eigenvalue weighted by Gasteiger charge is 2.16. The van der Waals surface area contributed by atoms with Gasteiger partial charge >= 0.3 is 0 Å². The summed E-state index contributed by atoms with van der Waals surface area (Å²) in [6.07, 6.45) is 5.99. The minimum atomic E-state index is -0.640. The fourth-order valence-corrected chi connectivity index (χ4v) is 2.73. The standard InChI is InChI=1S/C18H11ClFN5O2/c19-11-4-13(8-21-7-11)27-14-6-15(18-24-22-10-25(18)9-14)16(26)5-12-2-1-3-17(20)23-12/h1-4,6-10H,5H2. The van der Waals surface area contributed by atoms with Gasteiger partial charge in [-0.05, 0) is 18.2 Å². The topological polar surface area (TPSA) is 82.3 Å². The van der Waals surface area contributed by atoms with Crippen LogP contribution in [0.4, 0.5) is 4.39 Å². The first-order valence-corrected chi connectivity index (χ1v) is 8.23. The number of hydrogen-bond donors (Lipinski definition) is 0. The number of pyridine rings is 3. The minimum Gasteiger partial charge on any atom is -0.454 e. The van der Waals surface area contributed by atoms with E-state index in [2.05, 4.69) is 20.2 Å². The lowest BCUT2D eigenvalue weighted by Crippen LogP contribution is -2.08.